The minimum atomic E-state index is -3.07. The number of para-hydroxylation sites is 2. The molecule has 0 unspecified atom stereocenters. The summed E-state index contributed by atoms with van der Waals surface area (Å²) in [5.74, 6) is 0. The van der Waals surface area contributed by atoms with E-state index in [2.05, 4.69) is 92.0 Å². The second-order valence-electron chi connectivity index (χ2n) is 7.74. The second kappa shape index (κ2) is 7.19. The van der Waals surface area contributed by atoms with E-state index in [0.717, 1.165) is 56.9 Å². The highest BCUT2D eigenvalue weighted by atomic mass is 31.2. The SMILES string of the molecule is CCN(CC)P(=O)(c1c(C)n(C)c2ccccc12)c1c(C)n(C)c2ccccc12. The van der Waals surface area contributed by atoms with Crippen molar-refractivity contribution in [2.24, 2.45) is 14.1 Å². The van der Waals surface area contributed by atoms with E-state index < -0.39 is 7.29 Å². The standard InChI is InChI=1S/C24H30N3OP/c1-7-27(8-2)29(28,23-17(3)25(5)21-15-11-9-13-19(21)23)24-18(4)26(6)22-16-12-10-14-20(22)24/h9-16H,7-8H2,1-6H3. The van der Waals surface area contributed by atoms with Gasteiger partial charge in [0.25, 0.3) is 0 Å². The van der Waals surface area contributed by atoms with Crippen molar-refractivity contribution >= 4 is 39.7 Å². The van der Waals surface area contributed by atoms with Crippen LogP contribution in [0.4, 0.5) is 0 Å². The van der Waals surface area contributed by atoms with Crippen LogP contribution in [-0.2, 0) is 18.7 Å². The average molecular weight is 407 g/mol. The Morgan fingerprint density at radius 2 is 1.14 bits per heavy atom. The van der Waals surface area contributed by atoms with Crippen LogP contribution in [0.2, 0.25) is 0 Å². The molecule has 4 nitrogen and oxygen atoms in total. The first-order valence-electron chi connectivity index (χ1n) is 10.3. The molecule has 5 heteroatoms. The lowest BCUT2D eigenvalue weighted by Crippen LogP contribution is -2.34. The predicted octanol–water partition coefficient (Wildman–Crippen LogP) is 4.86. The average Bonchev–Trinajstić information content (AvgIpc) is 3.14. The molecule has 0 aliphatic rings. The monoisotopic (exact) mass is 407 g/mol. The summed E-state index contributed by atoms with van der Waals surface area (Å²) in [6, 6.07) is 16.7. The molecule has 0 saturated carbocycles. The molecule has 4 rings (SSSR count). The number of aryl methyl sites for hydroxylation is 2. The van der Waals surface area contributed by atoms with Crippen molar-refractivity contribution in [2.75, 3.05) is 13.1 Å². The third-order valence-electron chi connectivity index (χ3n) is 6.47. The highest BCUT2D eigenvalue weighted by Gasteiger charge is 2.41. The molecule has 0 spiro atoms. The topological polar surface area (TPSA) is 30.2 Å². The number of nitrogens with zero attached hydrogens (tertiary/aromatic N) is 3. The molecule has 0 amide bonds. The summed E-state index contributed by atoms with van der Waals surface area (Å²) in [5, 5.41) is 4.16. The molecule has 2 heterocycles. The highest BCUT2D eigenvalue weighted by molar-refractivity contribution is 7.77. The summed E-state index contributed by atoms with van der Waals surface area (Å²) >= 11 is 0. The minimum Gasteiger partial charge on any atom is -0.347 e. The Hall–Kier alpha value is -2.29. The van der Waals surface area contributed by atoms with Crippen molar-refractivity contribution in [3.63, 3.8) is 0 Å². The predicted molar refractivity (Wildman–Crippen MR) is 125 cm³/mol. The summed E-state index contributed by atoms with van der Waals surface area (Å²) in [7, 11) is 1.08. The van der Waals surface area contributed by atoms with Crippen molar-refractivity contribution in [1.82, 2.24) is 13.8 Å². The number of hydrogen-bond acceptors (Lipinski definition) is 1. The van der Waals surface area contributed by atoms with Gasteiger partial charge in [0.2, 0.25) is 7.29 Å². The van der Waals surface area contributed by atoms with Gasteiger partial charge in [-0.1, -0.05) is 50.2 Å². The van der Waals surface area contributed by atoms with Crippen LogP contribution in [-0.4, -0.2) is 26.9 Å². The molecule has 0 fully saturated rings. The van der Waals surface area contributed by atoms with Crippen LogP contribution in [0, 0.1) is 13.8 Å². The van der Waals surface area contributed by atoms with Crippen molar-refractivity contribution in [2.45, 2.75) is 27.7 Å². The first kappa shape index (κ1) is 20.0. The first-order chi connectivity index (χ1) is 13.9. The molecule has 0 aliphatic heterocycles. The smallest absolute Gasteiger partial charge is 0.211 e. The maximum atomic E-state index is 15.4. The van der Waals surface area contributed by atoms with E-state index in [0.29, 0.717) is 0 Å². The van der Waals surface area contributed by atoms with Crippen LogP contribution in [0.5, 0.6) is 0 Å². The van der Waals surface area contributed by atoms with Crippen molar-refractivity contribution in [1.29, 1.82) is 0 Å². The third kappa shape index (κ3) is 2.66. The summed E-state index contributed by atoms with van der Waals surface area (Å²) in [6.45, 7) is 9.89. The quantitative estimate of drug-likeness (QED) is 0.443. The van der Waals surface area contributed by atoms with E-state index in [9.17, 15) is 0 Å². The van der Waals surface area contributed by atoms with Gasteiger partial charge >= 0.3 is 0 Å². The zero-order valence-electron chi connectivity index (χ0n) is 18.2. The van der Waals surface area contributed by atoms with Gasteiger partial charge < -0.3 is 9.13 Å². The molecule has 2 aromatic heterocycles. The van der Waals surface area contributed by atoms with E-state index in [-0.39, 0.29) is 0 Å². The number of benzene rings is 2. The molecule has 152 valence electrons. The van der Waals surface area contributed by atoms with Gasteiger partial charge in [-0.15, -0.1) is 0 Å². The minimum absolute atomic E-state index is 0.735. The molecule has 0 N–H and O–H groups in total. The van der Waals surface area contributed by atoms with Crippen LogP contribution in [0.1, 0.15) is 25.2 Å². The molecule has 0 saturated heterocycles. The van der Waals surface area contributed by atoms with Crippen molar-refractivity contribution in [3.05, 3.63) is 59.9 Å². The van der Waals surface area contributed by atoms with Crippen LogP contribution in [0.15, 0.2) is 48.5 Å². The van der Waals surface area contributed by atoms with E-state index >= 15 is 4.57 Å². The molecule has 0 atom stereocenters. The Balaban J connectivity index is 2.21. The Morgan fingerprint density at radius 1 is 0.759 bits per heavy atom. The van der Waals surface area contributed by atoms with Gasteiger partial charge in [0, 0.05) is 60.4 Å². The molecule has 2 aromatic carbocycles. The number of aromatic nitrogens is 2. The lowest BCUT2D eigenvalue weighted by Gasteiger charge is -2.31. The Morgan fingerprint density at radius 3 is 1.52 bits per heavy atom. The highest BCUT2D eigenvalue weighted by Crippen LogP contribution is 2.52. The van der Waals surface area contributed by atoms with Gasteiger partial charge in [0.1, 0.15) is 0 Å². The molecule has 0 radical (unpaired) electrons. The maximum absolute atomic E-state index is 15.4. The van der Waals surface area contributed by atoms with Crippen molar-refractivity contribution in [3.8, 4) is 0 Å². The van der Waals surface area contributed by atoms with Crippen molar-refractivity contribution < 1.29 is 4.57 Å². The van der Waals surface area contributed by atoms with E-state index in [1.165, 1.54) is 0 Å². The zero-order chi connectivity index (χ0) is 20.9. The second-order valence-corrected chi connectivity index (χ2v) is 10.3. The fourth-order valence-electron chi connectivity index (χ4n) is 4.78. The van der Waals surface area contributed by atoms with Crippen LogP contribution >= 0.6 is 7.29 Å². The van der Waals surface area contributed by atoms with Gasteiger partial charge in [-0.3, -0.25) is 4.57 Å². The molecule has 0 aliphatic carbocycles. The molecule has 29 heavy (non-hydrogen) atoms. The normalized spacial score (nSPS) is 12.5. The fourth-order valence-corrected chi connectivity index (χ4v) is 8.58. The summed E-state index contributed by atoms with van der Waals surface area (Å²) in [6.07, 6.45) is 0. The van der Waals surface area contributed by atoms with Crippen LogP contribution in [0.25, 0.3) is 21.8 Å². The van der Waals surface area contributed by atoms with Gasteiger partial charge in [0.05, 0.1) is 10.6 Å². The van der Waals surface area contributed by atoms with E-state index in [1.54, 1.807) is 0 Å². The van der Waals surface area contributed by atoms with Gasteiger partial charge in [0.15, 0.2) is 0 Å². The Kier molecular flexibility index (Phi) is 4.96. The molecule has 4 aromatic rings. The Labute approximate surface area is 173 Å². The summed E-state index contributed by atoms with van der Waals surface area (Å²) in [5.41, 5.74) is 4.41. The maximum Gasteiger partial charge on any atom is 0.211 e. The summed E-state index contributed by atoms with van der Waals surface area (Å²) < 4.78 is 21.9. The van der Waals surface area contributed by atoms with Crippen LogP contribution in [0.3, 0.4) is 0 Å². The van der Waals surface area contributed by atoms with Crippen LogP contribution < -0.4 is 10.6 Å². The molecular formula is C24H30N3OP. The first-order valence-corrected chi connectivity index (χ1v) is 12.0. The van der Waals surface area contributed by atoms with Gasteiger partial charge in [-0.25, -0.2) is 4.67 Å². The lowest BCUT2D eigenvalue weighted by atomic mass is 10.2. The fraction of sp³-hybridized carbons (Fsp3) is 0.333. The van der Waals surface area contributed by atoms with Gasteiger partial charge in [-0.2, -0.15) is 0 Å². The van der Waals surface area contributed by atoms with Gasteiger partial charge in [-0.05, 0) is 26.0 Å². The lowest BCUT2D eigenvalue weighted by molar-refractivity contribution is 0.458. The van der Waals surface area contributed by atoms with E-state index in [4.69, 9.17) is 0 Å². The third-order valence-corrected chi connectivity index (χ3v) is 10.2. The molecular weight excluding hydrogens is 377 g/mol. The largest absolute Gasteiger partial charge is 0.347 e. The zero-order valence-corrected chi connectivity index (χ0v) is 19.1. The molecule has 0 bridgehead atoms. The van der Waals surface area contributed by atoms with E-state index in [1.807, 2.05) is 12.1 Å². The number of rotatable bonds is 5. The number of fused-ring (bicyclic) bond motifs is 2. The Bertz CT molecular complexity index is 1170. The number of hydrogen-bond donors (Lipinski definition) is 0. The summed E-state index contributed by atoms with van der Waals surface area (Å²) in [4.78, 5) is 0.